The summed E-state index contributed by atoms with van der Waals surface area (Å²) in [5, 5.41) is 0. The highest BCUT2D eigenvalue weighted by Gasteiger charge is 2.39. The van der Waals surface area contributed by atoms with Crippen LogP contribution in [0.1, 0.15) is 91.9 Å². The summed E-state index contributed by atoms with van der Waals surface area (Å²) < 4.78 is 0. The van der Waals surface area contributed by atoms with Gasteiger partial charge in [0.25, 0.3) is 0 Å². The standard InChI is InChI=1S/C23H40/c1-6-11-13-20-17-22(21(10-5)14-12-7-2)19-23(18-20,15-8-3)16-9-4/h7,10,12,14,20,22H,2,6,8-9,11,13,15-19H2,1,3-5H3/b14-12-,21-10+. The van der Waals surface area contributed by atoms with Gasteiger partial charge < -0.3 is 0 Å². The molecule has 2 unspecified atom stereocenters. The van der Waals surface area contributed by atoms with E-state index in [4.69, 9.17) is 0 Å². The summed E-state index contributed by atoms with van der Waals surface area (Å²) in [6, 6.07) is 0. The number of hydrogen-bond donors (Lipinski definition) is 0. The Kier molecular flexibility index (Phi) is 9.60. The van der Waals surface area contributed by atoms with Crippen molar-refractivity contribution in [3.05, 3.63) is 36.5 Å². The van der Waals surface area contributed by atoms with Crippen LogP contribution in [0.25, 0.3) is 0 Å². The van der Waals surface area contributed by atoms with Crippen molar-refractivity contribution < 1.29 is 0 Å². The van der Waals surface area contributed by atoms with Crippen molar-refractivity contribution in [1.82, 2.24) is 0 Å². The molecule has 0 bridgehead atoms. The van der Waals surface area contributed by atoms with E-state index in [0.29, 0.717) is 5.41 Å². The monoisotopic (exact) mass is 316 g/mol. The lowest BCUT2D eigenvalue weighted by Crippen LogP contribution is -2.34. The number of rotatable bonds is 10. The predicted octanol–water partition coefficient (Wildman–Crippen LogP) is 7.87. The van der Waals surface area contributed by atoms with Gasteiger partial charge in [0.1, 0.15) is 0 Å². The molecule has 0 radical (unpaired) electrons. The van der Waals surface area contributed by atoms with Crippen LogP contribution in [0.2, 0.25) is 0 Å². The van der Waals surface area contributed by atoms with Crippen molar-refractivity contribution in [2.24, 2.45) is 17.3 Å². The zero-order valence-electron chi connectivity index (χ0n) is 16.2. The SMILES string of the molecule is C=C/C=C\C(=C/C)C1CC(CCCC)CC(CCC)(CCC)C1. The average molecular weight is 317 g/mol. The molecule has 0 heterocycles. The minimum absolute atomic E-state index is 0.598. The Labute approximate surface area is 146 Å². The van der Waals surface area contributed by atoms with E-state index in [1.54, 1.807) is 5.57 Å². The van der Waals surface area contributed by atoms with Gasteiger partial charge in [0.05, 0.1) is 0 Å². The van der Waals surface area contributed by atoms with E-state index in [9.17, 15) is 0 Å². The van der Waals surface area contributed by atoms with Gasteiger partial charge in [-0.3, -0.25) is 0 Å². The molecule has 1 aliphatic carbocycles. The van der Waals surface area contributed by atoms with Gasteiger partial charge in [-0.2, -0.15) is 0 Å². The van der Waals surface area contributed by atoms with E-state index in [-0.39, 0.29) is 0 Å². The summed E-state index contributed by atoms with van der Waals surface area (Å²) in [4.78, 5) is 0. The van der Waals surface area contributed by atoms with Crippen LogP contribution in [0.3, 0.4) is 0 Å². The van der Waals surface area contributed by atoms with Crippen LogP contribution in [0.4, 0.5) is 0 Å². The first-order valence-corrected chi connectivity index (χ1v) is 10.1. The summed E-state index contributed by atoms with van der Waals surface area (Å²) >= 11 is 0. The predicted molar refractivity (Wildman–Crippen MR) is 106 cm³/mol. The van der Waals surface area contributed by atoms with E-state index in [1.165, 1.54) is 64.2 Å². The maximum absolute atomic E-state index is 3.84. The molecule has 1 saturated carbocycles. The first-order valence-electron chi connectivity index (χ1n) is 10.1. The van der Waals surface area contributed by atoms with Crippen molar-refractivity contribution in [3.63, 3.8) is 0 Å². The smallest absolute Gasteiger partial charge is 0.0157 e. The Hall–Kier alpha value is -0.780. The van der Waals surface area contributed by atoms with Crippen LogP contribution in [-0.2, 0) is 0 Å². The first kappa shape index (κ1) is 20.3. The fourth-order valence-electron chi connectivity index (χ4n) is 5.00. The minimum atomic E-state index is 0.598. The molecule has 0 nitrogen and oxygen atoms in total. The molecular formula is C23H40. The van der Waals surface area contributed by atoms with Crippen molar-refractivity contribution in [2.75, 3.05) is 0 Å². The topological polar surface area (TPSA) is 0 Å². The number of hydrogen-bond acceptors (Lipinski definition) is 0. The van der Waals surface area contributed by atoms with Gasteiger partial charge >= 0.3 is 0 Å². The van der Waals surface area contributed by atoms with Crippen molar-refractivity contribution >= 4 is 0 Å². The Bertz CT molecular complexity index is 379. The Morgan fingerprint density at radius 2 is 1.78 bits per heavy atom. The summed E-state index contributed by atoms with van der Waals surface area (Å²) in [5.74, 6) is 1.68. The molecule has 0 heteroatoms. The molecule has 23 heavy (non-hydrogen) atoms. The van der Waals surface area contributed by atoms with Crippen LogP contribution in [0.15, 0.2) is 36.5 Å². The van der Waals surface area contributed by atoms with Crippen molar-refractivity contribution in [1.29, 1.82) is 0 Å². The van der Waals surface area contributed by atoms with Gasteiger partial charge in [0.15, 0.2) is 0 Å². The average Bonchev–Trinajstić information content (AvgIpc) is 2.54. The quantitative estimate of drug-likeness (QED) is 0.360. The van der Waals surface area contributed by atoms with E-state index in [1.807, 2.05) is 6.08 Å². The maximum atomic E-state index is 3.84. The molecule has 0 aliphatic heterocycles. The van der Waals surface area contributed by atoms with Gasteiger partial charge in [0.2, 0.25) is 0 Å². The molecule has 0 saturated heterocycles. The van der Waals surface area contributed by atoms with Gasteiger partial charge in [-0.1, -0.05) is 83.8 Å². The van der Waals surface area contributed by atoms with Gasteiger partial charge in [-0.05, 0) is 61.9 Å². The molecule has 0 amide bonds. The highest BCUT2D eigenvalue weighted by atomic mass is 14.4. The number of unbranched alkanes of at least 4 members (excludes halogenated alkanes) is 1. The number of allylic oxidation sites excluding steroid dienone is 5. The van der Waals surface area contributed by atoms with Crippen LogP contribution in [0, 0.1) is 17.3 Å². The van der Waals surface area contributed by atoms with E-state index in [0.717, 1.165) is 11.8 Å². The van der Waals surface area contributed by atoms with Gasteiger partial charge in [-0.15, -0.1) is 0 Å². The van der Waals surface area contributed by atoms with Crippen molar-refractivity contribution in [2.45, 2.75) is 91.9 Å². The molecule has 2 atom stereocenters. The molecule has 1 rings (SSSR count). The summed E-state index contributed by atoms with van der Waals surface area (Å²) in [7, 11) is 0. The highest BCUT2D eigenvalue weighted by Crippen LogP contribution is 2.51. The van der Waals surface area contributed by atoms with Crippen LogP contribution in [0.5, 0.6) is 0 Å². The minimum Gasteiger partial charge on any atom is -0.0991 e. The van der Waals surface area contributed by atoms with E-state index in [2.05, 4.69) is 52.5 Å². The van der Waals surface area contributed by atoms with Crippen LogP contribution in [-0.4, -0.2) is 0 Å². The second-order valence-electron chi connectivity index (χ2n) is 7.73. The molecule has 1 aliphatic rings. The largest absolute Gasteiger partial charge is 0.0991 e. The molecule has 1 fully saturated rings. The fraction of sp³-hybridized carbons (Fsp3) is 0.739. The second-order valence-corrected chi connectivity index (χ2v) is 7.73. The Morgan fingerprint density at radius 3 is 2.30 bits per heavy atom. The molecule has 0 spiro atoms. The summed E-state index contributed by atoms with van der Waals surface area (Å²) in [5.41, 5.74) is 2.14. The van der Waals surface area contributed by atoms with Gasteiger partial charge in [0, 0.05) is 0 Å². The van der Waals surface area contributed by atoms with Crippen LogP contribution >= 0.6 is 0 Å². The van der Waals surface area contributed by atoms with E-state index >= 15 is 0 Å². The molecular weight excluding hydrogens is 276 g/mol. The molecule has 0 aromatic carbocycles. The summed E-state index contributed by atoms with van der Waals surface area (Å²) in [6.45, 7) is 13.1. The lowest BCUT2D eigenvalue weighted by molar-refractivity contribution is 0.0778. The zero-order chi connectivity index (χ0) is 17.1. The van der Waals surface area contributed by atoms with Crippen LogP contribution < -0.4 is 0 Å². The second kappa shape index (κ2) is 10.9. The van der Waals surface area contributed by atoms with Crippen molar-refractivity contribution in [3.8, 4) is 0 Å². The normalized spacial score (nSPS) is 25.0. The molecule has 0 aromatic heterocycles. The molecule has 0 aromatic rings. The molecule has 0 N–H and O–H groups in total. The van der Waals surface area contributed by atoms with E-state index < -0.39 is 0 Å². The first-order chi connectivity index (χ1) is 11.1. The third-order valence-corrected chi connectivity index (χ3v) is 5.78. The Balaban J connectivity index is 2.99. The third-order valence-electron chi connectivity index (χ3n) is 5.78. The lowest BCUT2D eigenvalue weighted by atomic mass is 9.59. The molecule has 132 valence electrons. The Morgan fingerprint density at radius 1 is 1.09 bits per heavy atom. The van der Waals surface area contributed by atoms with Gasteiger partial charge in [-0.25, -0.2) is 0 Å². The third kappa shape index (κ3) is 6.32. The highest BCUT2D eigenvalue weighted by molar-refractivity contribution is 5.25. The zero-order valence-corrected chi connectivity index (χ0v) is 16.2. The maximum Gasteiger partial charge on any atom is -0.0157 e. The summed E-state index contributed by atoms with van der Waals surface area (Å²) in [6.07, 6.45) is 22.6. The lowest BCUT2D eigenvalue weighted by Gasteiger charge is -2.46. The fourth-order valence-corrected chi connectivity index (χ4v) is 5.00.